The van der Waals surface area contributed by atoms with Crippen LogP contribution in [0, 0.1) is 0 Å². The number of nitrogens with zero attached hydrogens (tertiary/aromatic N) is 5. The van der Waals surface area contributed by atoms with E-state index in [1.807, 2.05) is 6.92 Å². The van der Waals surface area contributed by atoms with Gasteiger partial charge in [-0.05, 0) is 19.8 Å². The maximum Gasteiger partial charge on any atom is 0.350 e. The van der Waals surface area contributed by atoms with E-state index in [1.165, 1.54) is 4.68 Å². The highest BCUT2D eigenvalue weighted by Gasteiger charge is 2.21. The van der Waals surface area contributed by atoms with Crippen LogP contribution in [-0.2, 0) is 6.54 Å². The van der Waals surface area contributed by atoms with Gasteiger partial charge in [0.2, 0.25) is 5.65 Å². The van der Waals surface area contributed by atoms with E-state index in [0.717, 1.165) is 31.7 Å². The molecule has 0 aromatic carbocycles. The van der Waals surface area contributed by atoms with Gasteiger partial charge in [-0.2, -0.15) is 0 Å². The summed E-state index contributed by atoms with van der Waals surface area (Å²) >= 11 is 0. The second-order valence-electron chi connectivity index (χ2n) is 4.87. The first-order valence-electron chi connectivity index (χ1n) is 6.65. The number of piperidine rings is 1. The Kier molecular flexibility index (Phi) is 2.98. The van der Waals surface area contributed by atoms with Crippen LogP contribution in [0.5, 0.6) is 0 Å². The molecule has 2 N–H and O–H groups in total. The zero-order valence-electron chi connectivity index (χ0n) is 11.0. The zero-order valence-corrected chi connectivity index (χ0v) is 11.0. The predicted molar refractivity (Wildman–Crippen MR) is 72.3 cm³/mol. The normalized spacial score (nSPS) is 17.3. The maximum absolute atomic E-state index is 12.0. The molecule has 0 bridgehead atoms. The van der Waals surface area contributed by atoms with E-state index in [4.69, 9.17) is 5.73 Å². The predicted octanol–water partition coefficient (Wildman–Crippen LogP) is -0.162. The van der Waals surface area contributed by atoms with Gasteiger partial charge in [-0.3, -0.25) is 0 Å². The number of nitrogens with two attached hydrogens (primary N) is 1. The van der Waals surface area contributed by atoms with E-state index in [-0.39, 0.29) is 11.7 Å². The van der Waals surface area contributed by atoms with Crippen molar-refractivity contribution in [3.63, 3.8) is 0 Å². The van der Waals surface area contributed by atoms with Crippen LogP contribution in [0.2, 0.25) is 0 Å². The van der Waals surface area contributed by atoms with Crippen molar-refractivity contribution >= 4 is 11.5 Å². The topological polar surface area (TPSA) is 81.4 Å². The van der Waals surface area contributed by atoms with Gasteiger partial charge >= 0.3 is 5.69 Å². The highest BCUT2D eigenvalue weighted by atomic mass is 16.2. The summed E-state index contributed by atoms with van der Waals surface area (Å²) in [5, 5.41) is 4.36. The number of rotatable bonds is 2. The van der Waals surface area contributed by atoms with E-state index in [1.54, 1.807) is 16.8 Å². The minimum Gasteiger partial charge on any atom is -0.353 e. The number of aromatic nitrogens is 4. The molecule has 0 amide bonds. The molecule has 7 heteroatoms. The minimum atomic E-state index is -0.116. The fourth-order valence-electron chi connectivity index (χ4n) is 2.48. The van der Waals surface area contributed by atoms with Gasteiger partial charge in [0.25, 0.3) is 0 Å². The Morgan fingerprint density at radius 3 is 2.84 bits per heavy atom. The fourth-order valence-corrected chi connectivity index (χ4v) is 2.48. The molecule has 0 saturated carbocycles. The molecule has 1 saturated heterocycles. The van der Waals surface area contributed by atoms with Gasteiger partial charge in [0.05, 0.1) is 0 Å². The summed E-state index contributed by atoms with van der Waals surface area (Å²) < 4.78 is 3.01. The SMILES string of the molecule is CCn1nc2c(N3CCC(N)CC3)nccn2c1=O. The molecule has 0 unspecified atom stereocenters. The van der Waals surface area contributed by atoms with Gasteiger partial charge in [0, 0.05) is 38.1 Å². The summed E-state index contributed by atoms with van der Waals surface area (Å²) in [6, 6.07) is 0.270. The molecule has 0 atom stereocenters. The Balaban J connectivity index is 2.06. The molecule has 2 aromatic heterocycles. The molecule has 0 radical (unpaired) electrons. The fraction of sp³-hybridized carbons (Fsp3) is 0.583. The number of hydrogen-bond donors (Lipinski definition) is 1. The number of fused-ring (bicyclic) bond motifs is 1. The average molecular weight is 262 g/mol. The summed E-state index contributed by atoms with van der Waals surface area (Å²) in [5.74, 6) is 0.777. The smallest absolute Gasteiger partial charge is 0.350 e. The average Bonchev–Trinajstić information content (AvgIpc) is 2.77. The quantitative estimate of drug-likeness (QED) is 0.813. The van der Waals surface area contributed by atoms with Gasteiger partial charge < -0.3 is 10.6 Å². The van der Waals surface area contributed by atoms with Crippen LogP contribution >= 0.6 is 0 Å². The maximum atomic E-state index is 12.0. The van der Waals surface area contributed by atoms with Gasteiger partial charge in [0.15, 0.2) is 5.82 Å². The molecule has 7 nitrogen and oxygen atoms in total. The zero-order chi connectivity index (χ0) is 13.4. The van der Waals surface area contributed by atoms with E-state index >= 15 is 0 Å². The van der Waals surface area contributed by atoms with E-state index in [9.17, 15) is 4.79 Å². The third-order valence-corrected chi connectivity index (χ3v) is 3.62. The molecule has 3 heterocycles. The molecule has 0 spiro atoms. The largest absolute Gasteiger partial charge is 0.353 e. The summed E-state index contributed by atoms with van der Waals surface area (Å²) in [5.41, 5.74) is 6.43. The van der Waals surface area contributed by atoms with Crippen LogP contribution in [0.15, 0.2) is 17.2 Å². The lowest BCUT2D eigenvalue weighted by atomic mass is 10.1. The van der Waals surface area contributed by atoms with Gasteiger partial charge in [0.1, 0.15) is 0 Å². The van der Waals surface area contributed by atoms with Crippen LogP contribution in [0.1, 0.15) is 19.8 Å². The lowest BCUT2D eigenvalue weighted by Gasteiger charge is -2.30. The number of hydrogen-bond acceptors (Lipinski definition) is 5. The Morgan fingerprint density at radius 1 is 1.42 bits per heavy atom. The second kappa shape index (κ2) is 4.65. The first-order valence-corrected chi connectivity index (χ1v) is 6.65. The van der Waals surface area contributed by atoms with Crippen LogP contribution in [0.25, 0.3) is 5.65 Å². The van der Waals surface area contributed by atoms with Crippen LogP contribution < -0.4 is 16.3 Å². The summed E-state index contributed by atoms with van der Waals surface area (Å²) in [6.07, 6.45) is 5.21. The van der Waals surface area contributed by atoms with Gasteiger partial charge in [-0.1, -0.05) is 0 Å². The van der Waals surface area contributed by atoms with Crippen LogP contribution in [0.3, 0.4) is 0 Å². The summed E-state index contributed by atoms with van der Waals surface area (Å²) in [6.45, 7) is 4.19. The van der Waals surface area contributed by atoms with Crippen molar-refractivity contribution < 1.29 is 0 Å². The lowest BCUT2D eigenvalue weighted by Crippen LogP contribution is -2.40. The molecule has 1 fully saturated rings. The van der Waals surface area contributed by atoms with Crippen molar-refractivity contribution in [1.29, 1.82) is 0 Å². The molecular formula is C12H18N6O. The molecule has 102 valence electrons. The molecular weight excluding hydrogens is 244 g/mol. The molecule has 19 heavy (non-hydrogen) atoms. The molecule has 1 aliphatic heterocycles. The van der Waals surface area contributed by atoms with Crippen molar-refractivity contribution in [3.8, 4) is 0 Å². The lowest BCUT2D eigenvalue weighted by molar-refractivity contribution is 0.499. The highest BCUT2D eigenvalue weighted by molar-refractivity contribution is 5.63. The highest BCUT2D eigenvalue weighted by Crippen LogP contribution is 2.19. The first-order chi connectivity index (χ1) is 9.20. The molecule has 3 rings (SSSR count). The summed E-state index contributed by atoms with van der Waals surface area (Å²) in [7, 11) is 0. The van der Waals surface area contributed by atoms with Crippen molar-refractivity contribution in [2.45, 2.75) is 32.4 Å². The monoisotopic (exact) mass is 262 g/mol. The Labute approximate surface area is 110 Å². The third kappa shape index (κ3) is 1.99. The standard InChI is InChI=1S/C12H18N6O/c1-2-18-12(19)17-8-5-14-10(11(17)15-18)16-6-3-9(13)4-7-16/h5,8-9H,2-4,6-7,13H2,1H3. The van der Waals surface area contributed by atoms with E-state index < -0.39 is 0 Å². The van der Waals surface area contributed by atoms with Crippen molar-refractivity contribution in [3.05, 3.63) is 22.9 Å². The van der Waals surface area contributed by atoms with E-state index in [2.05, 4.69) is 15.0 Å². The van der Waals surface area contributed by atoms with Crippen LogP contribution in [-0.4, -0.2) is 38.3 Å². The third-order valence-electron chi connectivity index (χ3n) is 3.62. The number of aryl methyl sites for hydroxylation is 1. The van der Waals surface area contributed by atoms with Crippen molar-refractivity contribution in [1.82, 2.24) is 19.2 Å². The molecule has 0 aliphatic carbocycles. The van der Waals surface area contributed by atoms with Crippen LogP contribution in [0.4, 0.5) is 5.82 Å². The second-order valence-corrected chi connectivity index (χ2v) is 4.87. The van der Waals surface area contributed by atoms with Crippen molar-refractivity contribution in [2.24, 2.45) is 5.73 Å². The van der Waals surface area contributed by atoms with Gasteiger partial charge in [-0.25, -0.2) is 18.9 Å². The molecule has 1 aliphatic rings. The van der Waals surface area contributed by atoms with Crippen molar-refractivity contribution in [2.75, 3.05) is 18.0 Å². The van der Waals surface area contributed by atoms with E-state index in [0.29, 0.717) is 12.2 Å². The number of anilines is 1. The summed E-state index contributed by atoms with van der Waals surface area (Å²) in [4.78, 5) is 18.6. The molecule has 2 aromatic rings. The van der Waals surface area contributed by atoms with Gasteiger partial charge in [-0.15, -0.1) is 5.10 Å². The Bertz CT molecular complexity index is 637. The Hall–Kier alpha value is -1.89. The first kappa shape index (κ1) is 12.2. The minimum absolute atomic E-state index is 0.116. The Morgan fingerprint density at radius 2 is 2.16 bits per heavy atom.